The average molecular weight is 348 g/mol. The van der Waals surface area contributed by atoms with Crippen LogP contribution in [-0.4, -0.2) is 0 Å². The molecule has 0 heterocycles. The van der Waals surface area contributed by atoms with Crippen LogP contribution in [-0.2, 0) is 6.54 Å². The van der Waals surface area contributed by atoms with Crippen LogP contribution in [0.2, 0.25) is 0 Å². The number of hydrogen-bond acceptors (Lipinski definition) is 1. The van der Waals surface area contributed by atoms with Gasteiger partial charge < -0.3 is 5.32 Å². The summed E-state index contributed by atoms with van der Waals surface area (Å²) in [5, 5.41) is 2.76. The van der Waals surface area contributed by atoms with E-state index in [0.717, 1.165) is 12.1 Å². The molecule has 20 heavy (non-hydrogen) atoms. The SMILES string of the molecule is Fc1cc(F)c(NCc2cccc(C(F)F)c2)c(Br)c1. The molecule has 0 aliphatic rings. The molecular weight excluding hydrogens is 338 g/mol. The molecular formula is C14H10BrF4N. The molecule has 0 radical (unpaired) electrons. The number of anilines is 1. The highest BCUT2D eigenvalue weighted by atomic mass is 79.9. The summed E-state index contributed by atoms with van der Waals surface area (Å²) in [7, 11) is 0. The van der Waals surface area contributed by atoms with Gasteiger partial charge in [-0.05, 0) is 33.6 Å². The van der Waals surface area contributed by atoms with E-state index in [2.05, 4.69) is 21.2 Å². The van der Waals surface area contributed by atoms with Gasteiger partial charge in [0, 0.05) is 22.6 Å². The Hall–Kier alpha value is -1.56. The summed E-state index contributed by atoms with van der Waals surface area (Å²) in [6.45, 7) is 0.154. The van der Waals surface area contributed by atoms with Crippen molar-refractivity contribution >= 4 is 21.6 Å². The molecule has 0 aromatic heterocycles. The van der Waals surface area contributed by atoms with Crippen LogP contribution in [0.3, 0.4) is 0 Å². The van der Waals surface area contributed by atoms with Crippen LogP contribution in [0.25, 0.3) is 0 Å². The number of benzene rings is 2. The molecule has 2 rings (SSSR count). The van der Waals surface area contributed by atoms with Gasteiger partial charge in [0.1, 0.15) is 11.6 Å². The third-order valence-corrected chi connectivity index (χ3v) is 3.30. The van der Waals surface area contributed by atoms with Crippen LogP contribution in [0.15, 0.2) is 40.9 Å². The largest absolute Gasteiger partial charge is 0.378 e. The van der Waals surface area contributed by atoms with E-state index in [1.165, 1.54) is 18.2 Å². The fourth-order valence-corrected chi connectivity index (χ4v) is 2.29. The Morgan fingerprint density at radius 2 is 1.85 bits per heavy atom. The lowest BCUT2D eigenvalue weighted by atomic mass is 10.1. The second kappa shape index (κ2) is 6.26. The van der Waals surface area contributed by atoms with Crippen LogP contribution in [0.5, 0.6) is 0 Å². The molecule has 6 heteroatoms. The Morgan fingerprint density at radius 1 is 1.10 bits per heavy atom. The first kappa shape index (κ1) is 14.8. The monoisotopic (exact) mass is 347 g/mol. The summed E-state index contributed by atoms with van der Waals surface area (Å²) >= 11 is 3.05. The van der Waals surface area contributed by atoms with Crippen molar-refractivity contribution in [3.05, 3.63) is 63.6 Å². The molecule has 106 valence electrons. The molecule has 0 amide bonds. The molecule has 1 N–H and O–H groups in total. The van der Waals surface area contributed by atoms with Gasteiger partial charge in [0.15, 0.2) is 0 Å². The maximum Gasteiger partial charge on any atom is 0.263 e. The van der Waals surface area contributed by atoms with Crippen molar-refractivity contribution in [3.63, 3.8) is 0 Å². The quantitative estimate of drug-likeness (QED) is 0.742. The summed E-state index contributed by atoms with van der Waals surface area (Å²) in [6, 6.07) is 7.70. The van der Waals surface area contributed by atoms with E-state index in [-0.39, 0.29) is 22.3 Å². The van der Waals surface area contributed by atoms with E-state index >= 15 is 0 Å². The Labute approximate surface area is 121 Å². The van der Waals surface area contributed by atoms with Crippen LogP contribution < -0.4 is 5.32 Å². The minimum atomic E-state index is -2.55. The summed E-state index contributed by atoms with van der Waals surface area (Å²) < 4.78 is 51.8. The number of alkyl halides is 2. The van der Waals surface area contributed by atoms with Crippen LogP contribution in [0.4, 0.5) is 23.2 Å². The highest BCUT2D eigenvalue weighted by molar-refractivity contribution is 9.10. The summed E-state index contributed by atoms with van der Waals surface area (Å²) in [5.41, 5.74) is 0.579. The number of halogens is 5. The molecule has 2 aromatic rings. The Bertz CT molecular complexity index is 593. The molecule has 0 saturated heterocycles. The van der Waals surface area contributed by atoms with Crippen LogP contribution >= 0.6 is 15.9 Å². The molecule has 0 fully saturated rings. The van der Waals surface area contributed by atoms with E-state index in [1.807, 2.05) is 0 Å². The second-order valence-corrected chi connectivity index (χ2v) is 5.00. The van der Waals surface area contributed by atoms with Gasteiger partial charge in [-0.15, -0.1) is 0 Å². The Kier molecular flexibility index (Phi) is 4.65. The van der Waals surface area contributed by atoms with Crippen LogP contribution in [0.1, 0.15) is 17.6 Å². The van der Waals surface area contributed by atoms with Crippen molar-refractivity contribution < 1.29 is 17.6 Å². The lowest BCUT2D eigenvalue weighted by Gasteiger charge is -2.11. The van der Waals surface area contributed by atoms with E-state index in [4.69, 9.17) is 0 Å². The normalized spacial score (nSPS) is 10.9. The van der Waals surface area contributed by atoms with Gasteiger partial charge in [0.25, 0.3) is 6.43 Å². The first-order valence-corrected chi connectivity index (χ1v) is 6.52. The van der Waals surface area contributed by atoms with Crippen molar-refractivity contribution in [2.24, 2.45) is 0 Å². The zero-order valence-corrected chi connectivity index (χ0v) is 11.7. The van der Waals surface area contributed by atoms with Crippen molar-refractivity contribution in [2.75, 3.05) is 5.32 Å². The molecule has 0 atom stereocenters. The van der Waals surface area contributed by atoms with E-state index < -0.39 is 18.1 Å². The van der Waals surface area contributed by atoms with Gasteiger partial charge in [-0.2, -0.15) is 0 Å². The maximum atomic E-state index is 13.6. The molecule has 2 aromatic carbocycles. The fourth-order valence-electron chi connectivity index (χ4n) is 1.74. The highest BCUT2D eigenvalue weighted by Crippen LogP contribution is 2.27. The molecule has 0 saturated carbocycles. The van der Waals surface area contributed by atoms with Gasteiger partial charge >= 0.3 is 0 Å². The summed E-state index contributed by atoms with van der Waals surface area (Å²) in [4.78, 5) is 0. The number of rotatable bonds is 4. The fraction of sp³-hybridized carbons (Fsp3) is 0.143. The summed E-state index contributed by atoms with van der Waals surface area (Å²) in [5.74, 6) is -1.44. The zero-order valence-electron chi connectivity index (χ0n) is 10.1. The third-order valence-electron chi connectivity index (χ3n) is 2.68. The van der Waals surface area contributed by atoms with E-state index in [0.29, 0.717) is 5.56 Å². The van der Waals surface area contributed by atoms with Gasteiger partial charge in [-0.3, -0.25) is 0 Å². The molecule has 0 unspecified atom stereocenters. The van der Waals surface area contributed by atoms with Gasteiger partial charge in [-0.25, -0.2) is 17.6 Å². The van der Waals surface area contributed by atoms with Gasteiger partial charge in [0.2, 0.25) is 0 Å². The second-order valence-electron chi connectivity index (χ2n) is 4.14. The first-order chi connectivity index (χ1) is 9.47. The standard InChI is InChI=1S/C14H10BrF4N/c15-11-5-10(16)6-12(17)13(11)20-7-8-2-1-3-9(4-8)14(18)19/h1-6,14,20H,7H2. The number of hydrogen-bond donors (Lipinski definition) is 1. The van der Waals surface area contributed by atoms with E-state index in [1.54, 1.807) is 6.07 Å². The zero-order chi connectivity index (χ0) is 14.7. The van der Waals surface area contributed by atoms with Crippen molar-refractivity contribution in [2.45, 2.75) is 13.0 Å². The van der Waals surface area contributed by atoms with Crippen LogP contribution in [0, 0.1) is 11.6 Å². The number of nitrogens with one attached hydrogen (secondary N) is 1. The van der Waals surface area contributed by atoms with Crippen molar-refractivity contribution in [3.8, 4) is 0 Å². The molecule has 0 aliphatic carbocycles. The minimum absolute atomic E-state index is 0.0915. The van der Waals surface area contributed by atoms with Gasteiger partial charge in [0.05, 0.1) is 5.69 Å². The van der Waals surface area contributed by atoms with Gasteiger partial charge in [-0.1, -0.05) is 18.2 Å². The Morgan fingerprint density at radius 3 is 2.50 bits per heavy atom. The maximum absolute atomic E-state index is 13.6. The Balaban J connectivity index is 2.15. The van der Waals surface area contributed by atoms with E-state index in [9.17, 15) is 17.6 Å². The molecule has 0 bridgehead atoms. The predicted octanol–water partition coefficient (Wildman–Crippen LogP) is 5.28. The average Bonchev–Trinajstić information content (AvgIpc) is 2.37. The summed E-state index contributed by atoms with van der Waals surface area (Å²) in [6.07, 6.45) is -2.55. The highest BCUT2D eigenvalue weighted by Gasteiger charge is 2.10. The smallest absolute Gasteiger partial charge is 0.263 e. The molecule has 0 aliphatic heterocycles. The van der Waals surface area contributed by atoms with Crippen molar-refractivity contribution in [1.29, 1.82) is 0 Å². The first-order valence-electron chi connectivity index (χ1n) is 5.73. The lowest BCUT2D eigenvalue weighted by molar-refractivity contribution is 0.151. The minimum Gasteiger partial charge on any atom is -0.378 e. The lowest BCUT2D eigenvalue weighted by Crippen LogP contribution is -2.03. The molecule has 1 nitrogen and oxygen atoms in total. The third kappa shape index (κ3) is 3.50. The predicted molar refractivity (Wildman–Crippen MR) is 72.8 cm³/mol. The van der Waals surface area contributed by atoms with Crippen molar-refractivity contribution in [1.82, 2.24) is 0 Å². The topological polar surface area (TPSA) is 12.0 Å². The molecule has 0 spiro atoms.